The zero-order valence-electron chi connectivity index (χ0n) is 13.9. The van der Waals surface area contributed by atoms with Crippen molar-refractivity contribution in [1.29, 1.82) is 0 Å². The second-order valence-electron chi connectivity index (χ2n) is 5.56. The van der Waals surface area contributed by atoms with Crippen LogP contribution >= 0.6 is 11.8 Å². The van der Waals surface area contributed by atoms with Crippen LogP contribution in [0.3, 0.4) is 0 Å². The minimum absolute atomic E-state index is 0.0276. The van der Waals surface area contributed by atoms with E-state index in [0.29, 0.717) is 17.0 Å². The highest BCUT2D eigenvalue weighted by Crippen LogP contribution is 2.36. The monoisotopic (exact) mass is 387 g/mol. The topological polar surface area (TPSA) is 83.9 Å². The van der Waals surface area contributed by atoms with Crippen molar-refractivity contribution in [3.63, 3.8) is 0 Å². The number of amides is 2. The van der Waals surface area contributed by atoms with Gasteiger partial charge in [-0.25, -0.2) is 9.29 Å². The molecule has 0 spiro atoms. The number of carbonyl (C=O) groups excluding carboxylic acids is 2. The Balaban J connectivity index is 1.77. The molecule has 1 aliphatic rings. The van der Waals surface area contributed by atoms with Crippen LogP contribution in [-0.2, 0) is 9.59 Å². The quantitative estimate of drug-likeness (QED) is 0.757. The third kappa shape index (κ3) is 4.53. The predicted molar refractivity (Wildman–Crippen MR) is 99.0 cm³/mol. The van der Waals surface area contributed by atoms with Gasteiger partial charge < -0.3 is 9.84 Å². The summed E-state index contributed by atoms with van der Waals surface area (Å²) in [5.41, 5.74) is 0.931. The molecule has 0 atom stereocenters. The first-order chi connectivity index (χ1) is 12.9. The van der Waals surface area contributed by atoms with E-state index in [-0.39, 0.29) is 17.9 Å². The summed E-state index contributed by atoms with van der Waals surface area (Å²) in [6.07, 6.45) is 1.43. The Morgan fingerprint density at radius 1 is 1.19 bits per heavy atom. The van der Waals surface area contributed by atoms with Crippen molar-refractivity contribution in [2.24, 2.45) is 0 Å². The Morgan fingerprint density at radius 3 is 2.63 bits per heavy atom. The minimum Gasteiger partial charge on any atom is -0.493 e. The summed E-state index contributed by atoms with van der Waals surface area (Å²) in [7, 11) is 0. The van der Waals surface area contributed by atoms with Crippen molar-refractivity contribution in [2.45, 2.75) is 6.42 Å². The molecule has 1 N–H and O–H groups in total. The molecule has 2 aromatic rings. The van der Waals surface area contributed by atoms with E-state index in [0.717, 1.165) is 16.7 Å². The number of hydrogen-bond acceptors (Lipinski definition) is 5. The maximum absolute atomic E-state index is 13.1. The summed E-state index contributed by atoms with van der Waals surface area (Å²) in [5.74, 6) is -1.45. The van der Waals surface area contributed by atoms with E-state index in [9.17, 15) is 18.8 Å². The summed E-state index contributed by atoms with van der Waals surface area (Å²) in [4.78, 5) is 36.5. The first-order valence-corrected chi connectivity index (χ1v) is 8.74. The van der Waals surface area contributed by atoms with E-state index in [2.05, 4.69) is 0 Å². The van der Waals surface area contributed by atoms with Gasteiger partial charge in [-0.15, -0.1) is 0 Å². The van der Waals surface area contributed by atoms with Crippen molar-refractivity contribution in [2.75, 3.05) is 11.5 Å². The predicted octanol–water partition coefficient (Wildman–Crippen LogP) is 3.92. The van der Waals surface area contributed by atoms with Crippen LogP contribution in [0, 0.1) is 5.82 Å². The van der Waals surface area contributed by atoms with Gasteiger partial charge in [0.05, 0.1) is 23.6 Å². The van der Waals surface area contributed by atoms with Gasteiger partial charge in [0.1, 0.15) is 11.6 Å². The number of nitrogens with zero attached hydrogens (tertiary/aromatic N) is 1. The first kappa shape index (κ1) is 18.7. The van der Waals surface area contributed by atoms with Gasteiger partial charge in [-0.1, -0.05) is 12.1 Å². The fraction of sp³-hybridized carbons (Fsp3) is 0.105. The molecule has 1 saturated heterocycles. The number of anilines is 1. The molecule has 3 rings (SSSR count). The molecular weight excluding hydrogens is 373 g/mol. The van der Waals surface area contributed by atoms with Gasteiger partial charge in [0.15, 0.2) is 0 Å². The second kappa shape index (κ2) is 8.05. The highest BCUT2D eigenvalue weighted by molar-refractivity contribution is 8.19. The van der Waals surface area contributed by atoms with E-state index in [1.54, 1.807) is 30.3 Å². The Morgan fingerprint density at radius 2 is 1.93 bits per heavy atom. The van der Waals surface area contributed by atoms with Crippen LogP contribution in [0.5, 0.6) is 5.75 Å². The van der Waals surface area contributed by atoms with Crippen molar-refractivity contribution in [3.8, 4) is 5.75 Å². The van der Waals surface area contributed by atoms with Gasteiger partial charge >= 0.3 is 5.97 Å². The van der Waals surface area contributed by atoms with Crippen LogP contribution in [0.4, 0.5) is 14.9 Å². The van der Waals surface area contributed by atoms with Gasteiger partial charge in [-0.05, 0) is 59.8 Å². The molecule has 0 saturated carbocycles. The summed E-state index contributed by atoms with van der Waals surface area (Å²) in [5, 5.41) is 8.17. The lowest BCUT2D eigenvalue weighted by Crippen LogP contribution is -2.27. The number of carboxylic acid groups (broad SMARTS) is 1. The maximum atomic E-state index is 13.1. The van der Waals surface area contributed by atoms with Crippen molar-refractivity contribution in [1.82, 2.24) is 0 Å². The fourth-order valence-corrected chi connectivity index (χ4v) is 3.22. The lowest BCUT2D eigenvalue weighted by Gasteiger charge is -2.11. The van der Waals surface area contributed by atoms with Crippen LogP contribution in [-0.4, -0.2) is 28.8 Å². The Hall–Kier alpha value is -3.13. The molecule has 0 aliphatic carbocycles. The molecule has 0 radical (unpaired) electrons. The number of hydrogen-bond donors (Lipinski definition) is 1. The molecule has 0 aromatic heterocycles. The van der Waals surface area contributed by atoms with E-state index in [4.69, 9.17) is 9.84 Å². The smallest absolute Gasteiger partial charge is 0.306 e. The Labute approximate surface area is 158 Å². The van der Waals surface area contributed by atoms with Crippen LogP contribution in [0.25, 0.3) is 6.08 Å². The maximum Gasteiger partial charge on any atom is 0.306 e. The molecular formula is C19H14FNO5S. The molecule has 1 heterocycles. The summed E-state index contributed by atoms with van der Waals surface area (Å²) in [6, 6.07) is 11.8. The number of ether oxygens (including phenoxy) is 1. The molecule has 1 aliphatic heterocycles. The number of aliphatic carboxylic acids is 1. The summed E-state index contributed by atoms with van der Waals surface area (Å²) < 4.78 is 18.4. The normalized spacial score (nSPS) is 15.4. The molecule has 8 heteroatoms. The molecule has 1 fully saturated rings. The zero-order chi connectivity index (χ0) is 19.4. The average molecular weight is 387 g/mol. The van der Waals surface area contributed by atoms with E-state index < -0.39 is 22.9 Å². The Bertz CT molecular complexity index is 926. The average Bonchev–Trinajstić information content (AvgIpc) is 2.89. The van der Waals surface area contributed by atoms with E-state index >= 15 is 0 Å². The van der Waals surface area contributed by atoms with Crippen molar-refractivity contribution in [3.05, 3.63) is 64.8 Å². The molecule has 138 valence electrons. The summed E-state index contributed by atoms with van der Waals surface area (Å²) in [6.45, 7) is 0.0276. The van der Waals surface area contributed by atoms with E-state index in [1.165, 1.54) is 24.3 Å². The van der Waals surface area contributed by atoms with Gasteiger partial charge in [-0.3, -0.25) is 14.4 Å². The fourth-order valence-electron chi connectivity index (χ4n) is 2.38. The standard InChI is InChI=1S/C19H14FNO5S/c20-13-4-6-14(7-5-13)21-18(24)16(27-19(21)25)11-12-2-1-3-15(10-12)26-9-8-17(22)23/h1-7,10-11H,8-9H2,(H,22,23)/b16-11+. The van der Waals surface area contributed by atoms with Crippen molar-refractivity contribution >= 4 is 40.6 Å². The highest BCUT2D eigenvalue weighted by atomic mass is 32.2. The van der Waals surface area contributed by atoms with E-state index in [1.807, 2.05) is 0 Å². The number of rotatable bonds is 6. The number of imide groups is 1. The first-order valence-electron chi connectivity index (χ1n) is 7.92. The van der Waals surface area contributed by atoms with Crippen LogP contribution in [0.1, 0.15) is 12.0 Å². The largest absolute Gasteiger partial charge is 0.493 e. The molecule has 2 amide bonds. The van der Waals surface area contributed by atoms with Gasteiger partial charge in [0, 0.05) is 0 Å². The summed E-state index contributed by atoms with van der Waals surface area (Å²) >= 11 is 0.790. The number of benzene rings is 2. The zero-order valence-corrected chi connectivity index (χ0v) is 14.7. The lowest BCUT2D eigenvalue weighted by molar-refractivity contribution is -0.137. The SMILES string of the molecule is O=C(O)CCOc1cccc(/C=C2/SC(=O)N(c3ccc(F)cc3)C2=O)c1. The highest BCUT2D eigenvalue weighted by Gasteiger charge is 2.36. The molecule has 0 bridgehead atoms. The molecule has 2 aromatic carbocycles. The number of carboxylic acids is 1. The van der Waals surface area contributed by atoms with Gasteiger partial charge in [-0.2, -0.15) is 0 Å². The third-order valence-corrected chi connectivity index (χ3v) is 4.49. The molecule has 27 heavy (non-hydrogen) atoms. The van der Waals surface area contributed by atoms with Crippen LogP contribution < -0.4 is 9.64 Å². The number of halogens is 1. The van der Waals surface area contributed by atoms with Gasteiger partial charge in [0.25, 0.3) is 11.1 Å². The second-order valence-corrected chi connectivity index (χ2v) is 6.55. The molecule has 0 unspecified atom stereocenters. The van der Waals surface area contributed by atoms with Crippen LogP contribution in [0.15, 0.2) is 53.4 Å². The molecule has 6 nitrogen and oxygen atoms in total. The van der Waals surface area contributed by atoms with Crippen molar-refractivity contribution < 1.29 is 28.6 Å². The Kier molecular flexibility index (Phi) is 5.56. The number of carbonyl (C=O) groups is 3. The third-order valence-electron chi connectivity index (χ3n) is 3.62. The van der Waals surface area contributed by atoms with Gasteiger partial charge in [0.2, 0.25) is 0 Å². The lowest BCUT2D eigenvalue weighted by atomic mass is 10.2. The van der Waals surface area contributed by atoms with Crippen LogP contribution in [0.2, 0.25) is 0 Å². The number of thioether (sulfide) groups is 1. The minimum atomic E-state index is -0.958.